The Morgan fingerprint density at radius 1 is 1.10 bits per heavy atom. The van der Waals surface area contributed by atoms with Crippen molar-refractivity contribution in [2.75, 3.05) is 49.7 Å². The fourth-order valence-corrected chi connectivity index (χ4v) is 4.05. The zero-order chi connectivity index (χ0) is 19.8. The van der Waals surface area contributed by atoms with Crippen molar-refractivity contribution in [1.82, 2.24) is 14.6 Å². The number of rotatable bonds is 3. The van der Waals surface area contributed by atoms with Crippen LogP contribution in [-0.4, -0.2) is 60.0 Å². The number of nitrogens with one attached hydrogen (secondary N) is 1. The third-order valence-electron chi connectivity index (χ3n) is 4.60. The SMILES string of the molecule is O=C(Nc1ccc2c(c1)OCCO2)c1cnc2sc(N3CCOCC3)nn2c1=O. The number of anilines is 2. The van der Waals surface area contributed by atoms with E-state index in [1.54, 1.807) is 18.2 Å². The highest BCUT2D eigenvalue weighted by Gasteiger charge is 2.20. The molecule has 1 aromatic carbocycles. The van der Waals surface area contributed by atoms with Crippen LogP contribution in [0.25, 0.3) is 4.96 Å². The van der Waals surface area contributed by atoms with E-state index in [1.165, 1.54) is 22.0 Å². The minimum atomic E-state index is -0.561. The Hall–Kier alpha value is -3.18. The van der Waals surface area contributed by atoms with Gasteiger partial charge >= 0.3 is 0 Å². The summed E-state index contributed by atoms with van der Waals surface area (Å²) in [4.78, 5) is 32.2. The number of ether oxygens (including phenoxy) is 3. The summed E-state index contributed by atoms with van der Waals surface area (Å²) in [6.45, 7) is 3.56. The highest BCUT2D eigenvalue weighted by molar-refractivity contribution is 7.20. The predicted molar refractivity (Wildman–Crippen MR) is 106 cm³/mol. The number of carbonyl (C=O) groups excluding carboxylic acids is 1. The highest BCUT2D eigenvalue weighted by Crippen LogP contribution is 2.32. The standard InChI is InChI=1S/C18H17N5O5S/c24-15(20-11-1-2-13-14(9-11)28-8-7-27-13)12-10-19-17-23(16(12)25)21-18(29-17)22-3-5-26-6-4-22/h1-2,9-10H,3-8H2,(H,20,24). The van der Waals surface area contributed by atoms with Gasteiger partial charge in [-0.3, -0.25) is 9.59 Å². The molecule has 2 aromatic heterocycles. The second-order valence-electron chi connectivity index (χ2n) is 6.47. The first-order chi connectivity index (χ1) is 14.2. The lowest BCUT2D eigenvalue weighted by atomic mass is 10.2. The van der Waals surface area contributed by atoms with E-state index in [1.807, 2.05) is 4.90 Å². The third kappa shape index (κ3) is 3.38. The maximum Gasteiger partial charge on any atom is 0.288 e. The monoisotopic (exact) mass is 415 g/mol. The molecular weight excluding hydrogens is 398 g/mol. The lowest BCUT2D eigenvalue weighted by Crippen LogP contribution is -2.36. The number of morpholine rings is 1. The van der Waals surface area contributed by atoms with Gasteiger partial charge in [-0.25, -0.2) is 4.98 Å². The number of amides is 1. The number of hydrogen-bond acceptors (Lipinski definition) is 9. The summed E-state index contributed by atoms with van der Waals surface area (Å²) in [6, 6.07) is 5.07. The van der Waals surface area contributed by atoms with Crippen molar-refractivity contribution in [3.8, 4) is 11.5 Å². The van der Waals surface area contributed by atoms with E-state index in [2.05, 4.69) is 15.4 Å². The maximum atomic E-state index is 12.8. The molecule has 0 unspecified atom stereocenters. The van der Waals surface area contributed by atoms with E-state index in [4.69, 9.17) is 14.2 Å². The van der Waals surface area contributed by atoms with E-state index in [-0.39, 0.29) is 5.56 Å². The van der Waals surface area contributed by atoms with E-state index >= 15 is 0 Å². The Morgan fingerprint density at radius 2 is 1.90 bits per heavy atom. The first kappa shape index (κ1) is 17.9. The molecule has 3 aromatic rings. The first-order valence-electron chi connectivity index (χ1n) is 9.11. The Kier molecular flexibility index (Phi) is 4.52. The highest BCUT2D eigenvalue weighted by atomic mass is 32.1. The van der Waals surface area contributed by atoms with Gasteiger partial charge < -0.3 is 24.4 Å². The summed E-state index contributed by atoms with van der Waals surface area (Å²) >= 11 is 1.31. The van der Waals surface area contributed by atoms with Crippen LogP contribution < -0.4 is 25.2 Å². The molecule has 2 aliphatic rings. The molecule has 1 fully saturated rings. The van der Waals surface area contributed by atoms with Crippen LogP contribution in [0.5, 0.6) is 11.5 Å². The lowest BCUT2D eigenvalue weighted by molar-refractivity contribution is 0.102. The Balaban J connectivity index is 1.41. The van der Waals surface area contributed by atoms with Gasteiger partial charge in [-0.2, -0.15) is 4.52 Å². The molecular formula is C18H17N5O5S. The quantitative estimate of drug-likeness (QED) is 0.676. The van der Waals surface area contributed by atoms with Crippen molar-refractivity contribution in [3.63, 3.8) is 0 Å². The third-order valence-corrected chi connectivity index (χ3v) is 5.59. The normalized spacial score (nSPS) is 16.1. The topological polar surface area (TPSA) is 107 Å². The van der Waals surface area contributed by atoms with E-state index in [0.29, 0.717) is 66.8 Å². The Morgan fingerprint density at radius 3 is 2.72 bits per heavy atom. The maximum absolute atomic E-state index is 12.8. The van der Waals surface area contributed by atoms with E-state index in [0.717, 1.165) is 0 Å². The fraction of sp³-hybridized carbons (Fsp3) is 0.333. The van der Waals surface area contributed by atoms with Crippen LogP contribution in [0.2, 0.25) is 0 Å². The molecule has 4 heterocycles. The molecule has 1 saturated heterocycles. The molecule has 1 N–H and O–H groups in total. The summed E-state index contributed by atoms with van der Waals surface area (Å²) in [7, 11) is 0. The van der Waals surface area contributed by atoms with Gasteiger partial charge in [0.1, 0.15) is 18.8 Å². The molecule has 10 nitrogen and oxygen atoms in total. The minimum Gasteiger partial charge on any atom is -0.486 e. The number of benzene rings is 1. The summed E-state index contributed by atoms with van der Waals surface area (Å²) in [5, 5.41) is 7.75. The van der Waals surface area contributed by atoms with Gasteiger partial charge in [0.2, 0.25) is 10.1 Å². The van der Waals surface area contributed by atoms with Gasteiger partial charge in [-0.15, -0.1) is 5.10 Å². The molecule has 0 radical (unpaired) electrons. The molecule has 0 aliphatic carbocycles. The van der Waals surface area contributed by atoms with Crippen LogP contribution >= 0.6 is 11.3 Å². The average molecular weight is 415 g/mol. The van der Waals surface area contributed by atoms with Crippen LogP contribution in [0, 0.1) is 0 Å². The number of nitrogens with zero attached hydrogens (tertiary/aromatic N) is 4. The number of fused-ring (bicyclic) bond motifs is 2. The van der Waals surface area contributed by atoms with Crippen molar-refractivity contribution in [2.45, 2.75) is 0 Å². The minimum absolute atomic E-state index is 0.0868. The molecule has 29 heavy (non-hydrogen) atoms. The lowest BCUT2D eigenvalue weighted by Gasteiger charge is -2.25. The van der Waals surface area contributed by atoms with E-state index < -0.39 is 11.5 Å². The van der Waals surface area contributed by atoms with Gasteiger partial charge in [0.25, 0.3) is 11.5 Å². The fourth-order valence-electron chi connectivity index (χ4n) is 3.13. The Bertz CT molecular complexity index is 1140. The number of aromatic nitrogens is 3. The van der Waals surface area contributed by atoms with E-state index in [9.17, 15) is 9.59 Å². The molecule has 0 spiro atoms. The predicted octanol–water partition coefficient (Wildman–Crippen LogP) is 1.01. The molecule has 0 saturated carbocycles. The van der Waals surface area contributed by atoms with Crippen LogP contribution in [0.1, 0.15) is 10.4 Å². The first-order valence-corrected chi connectivity index (χ1v) is 9.93. The summed E-state index contributed by atoms with van der Waals surface area (Å²) in [5.74, 6) is 0.610. The van der Waals surface area contributed by atoms with Gasteiger partial charge in [-0.1, -0.05) is 11.3 Å². The van der Waals surface area contributed by atoms with Gasteiger partial charge in [0.15, 0.2) is 11.5 Å². The summed E-state index contributed by atoms with van der Waals surface area (Å²) in [6.07, 6.45) is 1.28. The summed E-state index contributed by atoms with van der Waals surface area (Å²) < 4.78 is 17.5. The van der Waals surface area contributed by atoms with Crippen LogP contribution in [0.4, 0.5) is 10.8 Å². The van der Waals surface area contributed by atoms with Crippen molar-refractivity contribution < 1.29 is 19.0 Å². The molecule has 5 rings (SSSR count). The van der Waals surface area contributed by atoms with Crippen LogP contribution in [-0.2, 0) is 4.74 Å². The van der Waals surface area contributed by atoms with Crippen molar-refractivity contribution >= 4 is 33.0 Å². The van der Waals surface area contributed by atoms with Crippen LogP contribution in [0.15, 0.2) is 29.2 Å². The van der Waals surface area contributed by atoms with Gasteiger partial charge in [0, 0.05) is 31.0 Å². The molecule has 150 valence electrons. The molecule has 0 atom stereocenters. The van der Waals surface area contributed by atoms with Crippen molar-refractivity contribution in [2.24, 2.45) is 0 Å². The molecule has 2 aliphatic heterocycles. The summed E-state index contributed by atoms with van der Waals surface area (Å²) in [5.41, 5.74) is -0.104. The van der Waals surface area contributed by atoms with Crippen LogP contribution in [0.3, 0.4) is 0 Å². The molecule has 0 bridgehead atoms. The second kappa shape index (κ2) is 7.33. The molecule has 11 heteroatoms. The zero-order valence-electron chi connectivity index (χ0n) is 15.3. The number of carbonyl (C=O) groups is 1. The Labute approximate surface area is 168 Å². The smallest absolute Gasteiger partial charge is 0.288 e. The average Bonchev–Trinajstić information content (AvgIpc) is 3.20. The number of hydrogen-bond donors (Lipinski definition) is 1. The van der Waals surface area contributed by atoms with Crippen molar-refractivity contribution in [1.29, 1.82) is 0 Å². The second-order valence-corrected chi connectivity index (χ2v) is 7.40. The van der Waals surface area contributed by atoms with Crippen molar-refractivity contribution in [3.05, 3.63) is 40.3 Å². The molecule has 1 amide bonds. The largest absolute Gasteiger partial charge is 0.486 e. The van der Waals surface area contributed by atoms with Gasteiger partial charge in [-0.05, 0) is 12.1 Å². The zero-order valence-corrected chi connectivity index (χ0v) is 16.1. The van der Waals surface area contributed by atoms with Gasteiger partial charge in [0.05, 0.1) is 13.2 Å².